The van der Waals surface area contributed by atoms with Gasteiger partial charge in [0, 0.05) is 5.56 Å². The molecule has 5 nitrogen and oxygen atoms in total. The van der Waals surface area contributed by atoms with E-state index in [-0.39, 0.29) is 12.4 Å². The van der Waals surface area contributed by atoms with E-state index in [4.69, 9.17) is 14.6 Å². The van der Waals surface area contributed by atoms with Crippen LogP contribution >= 0.6 is 0 Å². The number of carbonyl (C=O) groups excluding carboxylic acids is 1. The highest BCUT2D eigenvalue weighted by atomic mass is 16.5. The van der Waals surface area contributed by atoms with Gasteiger partial charge in [-0.05, 0) is 38.1 Å². The summed E-state index contributed by atoms with van der Waals surface area (Å²) in [4.78, 5) is 11.8. The summed E-state index contributed by atoms with van der Waals surface area (Å²) in [5.41, 5.74) is -0.933. The molecule has 0 amide bonds. The van der Waals surface area contributed by atoms with Gasteiger partial charge in [0.15, 0.2) is 5.78 Å². The molecule has 0 heterocycles. The largest absolute Gasteiger partial charge is 0.491 e. The van der Waals surface area contributed by atoms with E-state index in [0.29, 0.717) is 31.1 Å². The highest BCUT2D eigenvalue weighted by Crippen LogP contribution is 2.17. The monoisotopic (exact) mass is 268 g/mol. The molecule has 19 heavy (non-hydrogen) atoms. The SMILES string of the molecule is CC(C)(O)C(=O)c1ccc(OCCOCCO)cc1. The lowest BCUT2D eigenvalue weighted by Gasteiger charge is -2.15. The van der Waals surface area contributed by atoms with Crippen LogP contribution in [-0.2, 0) is 4.74 Å². The van der Waals surface area contributed by atoms with E-state index in [1.165, 1.54) is 13.8 Å². The standard InChI is InChI=1S/C14H20O5/c1-14(2,17)13(16)11-3-5-12(6-4-11)19-10-9-18-8-7-15/h3-6,15,17H,7-10H2,1-2H3. The summed E-state index contributed by atoms with van der Waals surface area (Å²) < 4.78 is 10.4. The molecule has 0 bridgehead atoms. The lowest BCUT2D eigenvalue weighted by Crippen LogP contribution is -2.30. The van der Waals surface area contributed by atoms with Gasteiger partial charge < -0.3 is 19.7 Å². The van der Waals surface area contributed by atoms with Crippen LogP contribution in [0, 0.1) is 0 Å². The van der Waals surface area contributed by atoms with Gasteiger partial charge in [0.05, 0.1) is 19.8 Å². The molecular weight excluding hydrogens is 248 g/mol. The Balaban J connectivity index is 2.46. The van der Waals surface area contributed by atoms with Gasteiger partial charge in [0.1, 0.15) is 18.0 Å². The number of carbonyl (C=O) groups is 1. The average Bonchev–Trinajstić information content (AvgIpc) is 2.37. The zero-order chi connectivity index (χ0) is 14.3. The molecule has 1 aromatic carbocycles. The molecule has 0 saturated heterocycles. The van der Waals surface area contributed by atoms with Gasteiger partial charge in [-0.2, -0.15) is 0 Å². The minimum atomic E-state index is -1.37. The molecule has 0 aliphatic heterocycles. The van der Waals surface area contributed by atoms with E-state index in [0.717, 1.165) is 0 Å². The normalized spacial score (nSPS) is 11.4. The Morgan fingerprint density at radius 1 is 1.16 bits per heavy atom. The lowest BCUT2D eigenvalue weighted by molar-refractivity contribution is 0.0488. The quantitative estimate of drug-likeness (QED) is 0.544. The Labute approximate surface area is 112 Å². The van der Waals surface area contributed by atoms with Crippen LogP contribution in [-0.4, -0.2) is 48.0 Å². The molecule has 0 aliphatic carbocycles. The van der Waals surface area contributed by atoms with Crippen molar-refractivity contribution in [2.24, 2.45) is 0 Å². The van der Waals surface area contributed by atoms with Crippen LogP contribution in [0.4, 0.5) is 0 Å². The van der Waals surface area contributed by atoms with Crippen molar-refractivity contribution in [3.8, 4) is 5.75 Å². The number of aliphatic hydroxyl groups excluding tert-OH is 1. The maximum atomic E-state index is 11.8. The molecular formula is C14H20O5. The van der Waals surface area contributed by atoms with Crippen molar-refractivity contribution in [1.29, 1.82) is 0 Å². The van der Waals surface area contributed by atoms with Gasteiger partial charge in [0.2, 0.25) is 0 Å². The van der Waals surface area contributed by atoms with E-state index in [9.17, 15) is 9.90 Å². The minimum Gasteiger partial charge on any atom is -0.491 e. The van der Waals surface area contributed by atoms with Gasteiger partial charge in [-0.3, -0.25) is 4.79 Å². The number of aliphatic hydroxyl groups is 2. The fourth-order valence-corrected chi connectivity index (χ4v) is 1.44. The summed E-state index contributed by atoms with van der Waals surface area (Å²) in [5.74, 6) is 0.297. The molecule has 106 valence electrons. The first-order valence-corrected chi connectivity index (χ1v) is 6.14. The molecule has 0 spiro atoms. The van der Waals surface area contributed by atoms with Crippen LogP contribution in [0.1, 0.15) is 24.2 Å². The van der Waals surface area contributed by atoms with Crippen LogP contribution in [0.5, 0.6) is 5.75 Å². The Hall–Kier alpha value is -1.43. The van der Waals surface area contributed by atoms with Crippen molar-refractivity contribution < 1.29 is 24.5 Å². The molecule has 1 aromatic rings. The molecule has 1 rings (SSSR count). The van der Waals surface area contributed by atoms with Gasteiger partial charge >= 0.3 is 0 Å². The fourth-order valence-electron chi connectivity index (χ4n) is 1.44. The van der Waals surface area contributed by atoms with E-state index in [2.05, 4.69) is 0 Å². The number of rotatable bonds is 8. The van der Waals surface area contributed by atoms with E-state index in [1.54, 1.807) is 24.3 Å². The highest BCUT2D eigenvalue weighted by Gasteiger charge is 2.24. The molecule has 0 atom stereocenters. The zero-order valence-electron chi connectivity index (χ0n) is 11.3. The van der Waals surface area contributed by atoms with Crippen LogP contribution in [0.3, 0.4) is 0 Å². The Morgan fingerprint density at radius 2 is 1.79 bits per heavy atom. The van der Waals surface area contributed by atoms with Gasteiger partial charge in [0.25, 0.3) is 0 Å². The molecule has 0 saturated carbocycles. The van der Waals surface area contributed by atoms with Gasteiger partial charge in [-0.1, -0.05) is 0 Å². The summed E-state index contributed by atoms with van der Waals surface area (Å²) in [6.45, 7) is 3.97. The van der Waals surface area contributed by atoms with Crippen molar-refractivity contribution in [3.05, 3.63) is 29.8 Å². The molecule has 0 unspecified atom stereocenters. The van der Waals surface area contributed by atoms with Crippen LogP contribution in [0.2, 0.25) is 0 Å². The second-order valence-corrected chi connectivity index (χ2v) is 4.60. The number of Topliss-reactive ketones (excluding diaryl/α,β-unsaturated/α-hetero) is 1. The maximum Gasteiger partial charge on any atom is 0.193 e. The lowest BCUT2D eigenvalue weighted by atomic mass is 9.97. The first-order valence-electron chi connectivity index (χ1n) is 6.14. The van der Waals surface area contributed by atoms with Crippen molar-refractivity contribution in [2.75, 3.05) is 26.4 Å². The van der Waals surface area contributed by atoms with Crippen molar-refractivity contribution in [3.63, 3.8) is 0 Å². The Kier molecular flexibility index (Phi) is 5.95. The number of ether oxygens (including phenoxy) is 2. The molecule has 0 aliphatic rings. The molecule has 5 heteroatoms. The van der Waals surface area contributed by atoms with Gasteiger partial charge in [-0.15, -0.1) is 0 Å². The molecule has 0 radical (unpaired) electrons. The third-order valence-corrected chi connectivity index (χ3v) is 2.40. The number of hydrogen-bond donors (Lipinski definition) is 2. The number of benzene rings is 1. The van der Waals surface area contributed by atoms with Crippen LogP contribution in [0.15, 0.2) is 24.3 Å². The third kappa shape index (κ3) is 5.38. The van der Waals surface area contributed by atoms with Gasteiger partial charge in [-0.25, -0.2) is 0 Å². The predicted molar refractivity (Wildman–Crippen MR) is 70.5 cm³/mol. The van der Waals surface area contributed by atoms with Crippen LogP contribution in [0.25, 0.3) is 0 Å². The maximum absolute atomic E-state index is 11.8. The Bertz CT molecular complexity index is 391. The minimum absolute atomic E-state index is 0.00620. The van der Waals surface area contributed by atoms with E-state index < -0.39 is 5.60 Å². The van der Waals surface area contributed by atoms with E-state index >= 15 is 0 Å². The topological polar surface area (TPSA) is 76.0 Å². The Morgan fingerprint density at radius 3 is 2.32 bits per heavy atom. The molecule has 0 fully saturated rings. The number of ketones is 1. The first-order chi connectivity index (χ1) is 8.95. The van der Waals surface area contributed by atoms with Crippen molar-refractivity contribution in [1.82, 2.24) is 0 Å². The summed E-state index contributed by atoms with van der Waals surface area (Å²) in [6.07, 6.45) is 0. The summed E-state index contributed by atoms with van der Waals surface area (Å²) >= 11 is 0. The zero-order valence-corrected chi connectivity index (χ0v) is 11.3. The summed E-state index contributed by atoms with van der Waals surface area (Å²) in [7, 11) is 0. The van der Waals surface area contributed by atoms with E-state index in [1.807, 2.05) is 0 Å². The predicted octanol–water partition coefficient (Wildman–Crippen LogP) is 1.03. The second-order valence-electron chi connectivity index (χ2n) is 4.60. The average molecular weight is 268 g/mol. The molecule has 0 aromatic heterocycles. The smallest absolute Gasteiger partial charge is 0.193 e. The highest BCUT2D eigenvalue weighted by molar-refractivity contribution is 6.01. The third-order valence-electron chi connectivity index (χ3n) is 2.40. The second kappa shape index (κ2) is 7.23. The first kappa shape index (κ1) is 15.6. The summed E-state index contributed by atoms with van der Waals surface area (Å²) in [6, 6.07) is 6.57. The summed E-state index contributed by atoms with van der Waals surface area (Å²) in [5, 5.41) is 18.1. The molecule has 2 N–H and O–H groups in total. The van der Waals surface area contributed by atoms with Crippen LogP contribution < -0.4 is 4.74 Å². The van der Waals surface area contributed by atoms with Crippen molar-refractivity contribution >= 4 is 5.78 Å². The number of hydrogen-bond acceptors (Lipinski definition) is 5. The fraction of sp³-hybridized carbons (Fsp3) is 0.500. The van der Waals surface area contributed by atoms with Crippen molar-refractivity contribution in [2.45, 2.75) is 19.4 Å².